The average Bonchev–Trinajstić information content (AvgIpc) is 3.32. The Morgan fingerprint density at radius 2 is 1.93 bits per heavy atom. The molecule has 1 fully saturated rings. The second kappa shape index (κ2) is 8.36. The van der Waals surface area contributed by atoms with E-state index in [1.165, 1.54) is 25.4 Å². The van der Waals surface area contributed by atoms with E-state index in [-0.39, 0.29) is 29.9 Å². The molecule has 7 nitrogen and oxygen atoms in total. The van der Waals surface area contributed by atoms with Gasteiger partial charge >= 0.3 is 0 Å². The molecule has 1 saturated heterocycles. The molecule has 1 aromatic carbocycles. The van der Waals surface area contributed by atoms with Crippen LogP contribution in [0, 0.1) is 0 Å². The molecule has 7 heteroatoms. The molecule has 0 bridgehead atoms. The minimum atomic E-state index is -0.849. The number of nitrogens with zero attached hydrogens (tertiary/aromatic N) is 1. The van der Waals surface area contributed by atoms with Crippen LogP contribution in [-0.4, -0.2) is 49.1 Å². The van der Waals surface area contributed by atoms with Gasteiger partial charge in [0.15, 0.2) is 0 Å². The zero-order valence-corrected chi connectivity index (χ0v) is 17.9. The van der Waals surface area contributed by atoms with E-state index >= 15 is 0 Å². The van der Waals surface area contributed by atoms with Crippen molar-refractivity contribution in [1.82, 2.24) is 4.90 Å². The molecule has 0 saturated carbocycles. The molecule has 0 aliphatic carbocycles. The number of benzene rings is 1. The molecule has 2 aromatic rings. The zero-order chi connectivity index (χ0) is 22.1. The van der Waals surface area contributed by atoms with Crippen molar-refractivity contribution in [3.63, 3.8) is 0 Å². The van der Waals surface area contributed by atoms with Crippen LogP contribution in [-0.2, 0) is 19.7 Å². The van der Waals surface area contributed by atoms with Gasteiger partial charge in [0.25, 0.3) is 11.7 Å². The van der Waals surface area contributed by atoms with Gasteiger partial charge in [0.2, 0.25) is 0 Å². The first-order valence-electron chi connectivity index (χ1n) is 9.70. The highest BCUT2D eigenvalue weighted by atomic mass is 16.5. The van der Waals surface area contributed by atoms with E-state index in [9.17, 15) is 14.7 Å². The van der Waals surface area contributed by atoms with Crippen molar-refractivity contribution in [2.24, 2.45) is 0 Å². The number of Topliss-reactive ketones (excluding diaryl/α,β-unsaturated/α-hetero) is 1. The summed E-state index contributed by atoms with van der Waals surface area (Å²) in [5.41, 5.74) is 1.08. The third-order valence-electron chi connectivity index (χ3n) is 5.21. The highest BCUT2D eigenvalue weighted by Gasteiger charge is 2.47. The number of likely N-dealkylation sites (tertiary alicyclic amines) is 1. The van der Waals surface area contributed by atoms with Gasteiger partial charge in [0.05, 0.1) is 31.1 Å². The van der Waals surface area contributed by atoms with Crippen molar-refractivity contribution in [2.75, 3.05) is 27.4 Å². The van der Waals surface area contributed by atoms with Crippen molar-refractivity contribution in [3.8, 4) is 5.75 Å². The summed E-state index contributed by atoms with van der Waals surface area (Å²) in [6.45, 7) is 6.57. The lowest BCUT2D eigenvalue weighted by molar-refractivity contribution is -0.140. The lowest BCUT2D eigenvalue weighted by atomic mass is 9.85. The fraction of sp³-hybridized carbons (Fsp3) is 0.391. The summed E-state index contributed by atoms with van der Waals surface area (Å²) in [5, 5.41) is 11.3. The number of methoxy groups -OCH3 is 2. The quantitative estimate of drug-likeness (QED) is 0.442. The number of hydrogen-bond acceptors (Lipinski definition) is 6. The zero-order valence-electron chi connectivity index (χ0n) is 17.9. The number of amides is 1. The van der Waals surface area contributed by atoms with Crippen LogP contribution in [0.25, 0.3) is 5.76 Å². The maximum Gasteiger partial charge on any atom is 0.295 e. The van der Waals surface area contributed by atoms with Gasteiger partial charge in [-0.2, -0.15) is 0 Å². The van der Waals surface area contributed by atoms with E-state index in [1.807, 2.05) is 26.8 Å². The lowest BCUT2D eigenvalue weighted by Gasteiger charge is -2.24. The van der Waals surface area contributed by atoms with Gasteiger partial charge < -0.3 is 23.9 Å². The first kappa shape index (κ1) is 21.6. The lowest BCUT2D eigenvalue weighted by Crippen LogP contribution is -2.32. The largest absolute Gasteiger partial charge is 0.507 e. The smallest absolute Gasteiger partial charge is 0.295 e. The first-order valence-corrected chi connectivity index (χ1v) is 9.70. The topological polar surface area (TPSA) is 89.2 Å². The van der Waals surface area contributed by atoms with E-state index in [1.54, 1.807) is 24.3 Å². The molecule has 0 radical (unpaired) electrons. The van der Waals surface area contributed by atoms with Crippen LogP contribution in [0.1, 0.15) is 43.7 Å². The Morgan fingerprint density at radius 3 is 2.50 bits per heavy atom. The first-order chi connectivity index (χ1) is 14.2. The van der Waals surface area contributed by atoms with E-state index in [0.29, 0.717) is 17.1 Å². The number of ketones is 1. The molecule has 1 aromatic heterocycles. The third-order valence-corrected chi connectivity index (χ3v) is 5.21. The Balaban J connectivity index is 2.22. The monoisotopic (exact) mass is 413 g/mol. The summed E-state index contributed by atoms with van der Waals surface area (Å²) < 4.78 is 16.0. The minimum Gasteiger partial charge on any atom is -0.507 e. The summed E-state index contributed by atoms with van der Waals surface area (Å²) in [4.78, 5) is 27.1. The van der Waals surface area contributed by atoms with Crippen LogP contribution in [0.15, 0.2) is 46.6 Å². The van der Waals surface area contributed by atoms with E-state index in [0.717, 1.165) is 5.56 Å². The predicted octanol–water partition coefficient (Wildman–Crippen LogP) is 3.65. The van der Waals surface area contributed by atoms with Gasteiger partial charge in [-0.05, 0) is 35.2 Å². The molecule has 30 heavy (non-hydrogen) atoms. The molecule has 2 heterocycles. The Labute approximate surface area is 175 Å². The Bertz CT molecular complexity index is 968. The normalized spacial score (nSPS) is 18.8. The van der Waals surface area contributed by atoms with Gasteiger partial charge in [0, 0.05) is 13.7 Å². The van der Waals surface area contributed by atoms with Gasteiger partial charge in [-0.15, -0.1) is 0 Å². The number of aliphatic hydroxyl groups excluding tert-OH is 1. The number of rotatable bonds is 6. The van der Waals surface area contributed by atoms with Crippen LogP contribution in [0.2, 0.25) is 0 Å². The predicted molar refractivity (Wildman–Crippen MR) is 111 cm³/mol. The Hall–Kier alpha value is -3.06. The molecular weight excluding hydrogens is 386 g/mol. The summed E-state index contributed by atoms with van der Waals surface area (Å²) in [6, 6.07) is 7.95. The second-order valence-corrected chi connectivity index (χ2v) is 8.17. The molecule has 3 rings (SSSR count). The standard InChI is InChI=1S/C23H27NO6/c1-23(2,3)14-8-9-16(29-5)15(13-14)20(25)18-19(17-7-6-11-30-17)24(10-12-28-4)22(27)21(18)26/h6-9,11,13,19,25H,10,12H2,1-5H3/b20-18+. The maximum absolute atomic E-state index is 12.9. The van der Waals surface area contributed by atoms with Gasteiger partial charge in [-0.3, -0.25) is 9.59 Å². The fourth-order valence-corrected chi connectivity index (χ4v) is 3.55. The SMILES string of the molecule is COCCN1C(=O)C(=O)/C(=C(/O)c2cc(C(C)(C)C)ccc2OC)C1c1ccco1. The summed E-state index contributed by atoms with van der Waals surface area (Å²) in [6.07, 6.45) is 1.46. The van der Waals surface area contributed by atoms with E-state index in [4.69, 9.17) is 13.9 Å². The van der Waals surface area contributed by atoms with Crippen molar-refractivity contribution in [1.29, 1.82) is 0 Å². The van der Waals surface area contributed by atoms with Crippen LogP contribution < -0.4 is 4.74 Å². The van der Waals surface area contributed by atoms with Gasteiger partial charge in [0.1, 0.15) is 23.3 Å². The number of carbonyl (C=O) groups is 2. The van der Waals surface area contributed by atoms with Crippen molar-refractivity contribution in [2.45, 2.75) is 32.2 Å². The summed E-state index contributed by atoms with van der Waals surface area (Å²) in [5.74, 6) is -0.980. The molecule has 1 N–H and O–H groups in total. The highest BCUT2D eigenvalue weighted by molar-refractivity contribution is 6.46. The Morgan fingerprint density at radius 1 is 1.20 bits per heavy atom. The highest BCUT2D eigenvalue weighted by Crippen LogP contribution is 2.41. The van der Waals surface area contributed by atoms with Crippen LogP contribution in [0.3, 0.4) is 0 Å². The molecule has 1 aliphatic rings. The molecule has 0 spiro atoms. The van der Waals surface area contributed by atoms with Gasteiger partial charge in [-0.1, -0.05) is 26.8 Å². The number of carbonyl (C=O) groups excluding carboxylic acids is 2. The number of aliphatic hydroxyl groups is 1. The number of ether oxygens (including phenoxy) is 2. The molecule has 160 valence electrons. The minimum absolute atomic E-state index is 0.0320. The average molecular weight is 413 g/mol. The summed E-state index contributed by atoms with van der Waals surface area (Å²) in [7, 11) is 3.01. The third kappa shape index (κ3) is 3.85. The number of hydrogen-bond donors (Lipinski definition) is 1. The van der Waals surface area contributed by atoms with Gasteiger partial charge in [-0.25, -0.2) is 0 Å². The van der Waals surface area contributed by atoms with Crippen LogP contribution in [0.5, 0.6) is 5.75 Å². The van der Waals surface area contributed by atoms with Crippen molar-refractivity contribution >= 4 is 17.4 Å². The molecule has 1 aliphatic heterocycles. The van der Waals surface area contributed by atoms with Crippen LogP contribution in [0.4, 0.5) is 0 Å². The Kier molecular flexibility index (Phi) is 6.03. The molecular formula is C23H27NO6. The molecule has 1 unspecified atom stereocenters. The second-order valence-electron chi connectivity index (χ2n) is 8.17. The van der Waals surface area contributed by atoms with Crippen molar-refractivity contribution < 1.29 is 28.6 Å². The maximum atomic E-state index is 12.9. The van der Waals surface area contributed by atoms with Crippen LogP contribution >= 0.6 is 0 Å². The molecule has 1 atom stereocenters. The van der Waals surface area contributed by atoms with E-state index < -0.39 is 17.7 Å². The van der Waals surface area contributed by atoms with E-state index in [2.05, 4.69) is 0 Å². The number of furan rings is 1. The summed E-state index contributed by atoms with van der Waals surface area (Å²) >= 11 is 0. The fourth-order valence-electron chi connectivity index (χ4n) is 3.55. The molecule has 1 amide bonds. The van der Waals surface area contributed by atoms with Crippen molar-refractivity contribution in [3.05, 3.63) is 59.1 Å².